The molecule has 0 aromatic heterocycles. The van der Waals surface area contributed by atoms with Gasteiger partial charge >= 0.3 is 5.97 Å². The van der Waals surface area contributed by atoms with Gasteiger partial charge in [-0.3, -0.25) is 4.79 Å². The molecule has 3 unspecified atom stereocenters. The summed E-state index contributed by atoms with van der Waals surface area (Å²) in [4.78, 5) is 10.6. The van der Waals surface area contributed by atoms with Crippen molar-refractivity contribution in [2.75, 3.05) is 13.7 Å². The van der Waals surface area contributed by atoms with Crippen molar-refractivity contribution >= 4 is 5.97 Å². The molecule has 1 heterocycles. The van der Waals surface area contributed by atoms with E-state index in [1.54, 1.807) is 0 Å². The summed E-state index contributed by atoms with van der Waals surface area (Å²) in [5.74, 6) is -0.523. The van der Waals surface area contributed by atoms with Crippen molar-refractivity contribution in [2.45, 2.75) is 37.6 Å². The second-order valence-corrected chi connectivity index (χ2v) is 3.55. The Hall–Kier alpha value is -0.730. The first kappa shape index (κ1) is 13.3. The Morgan fingerprint density at radius 1 is 1.25 bits per heavy atom. The lowest BCUT2D eigenvalue weighted by Gasteiger charge is -2.39. The molecule has 1 fully saturated rings. The van der Waals surface area contributed by atoms with Crippen LogP contribution >= 0.6 is 0 Å². The number of methoxy groups -OCH3 is 1. The van der Waals surface area contributed by atoms with Crippen LogP contribution in [-0.4, -0.2) is 65.7 Å². The minimum absolute atomic E-state index is 0.208. The number of carbonyl (C=O) groups is 1. The summed E-state index contributed by atoms with van der Waals surface area (Å²) in [7, 11) is 1.29. The van der Waals surface area contributed by atoms with Gasteiger partial charge in [0, 0.05) is 14.0 Å². The highest BCUT2D eigenvalue weighted by Crippen LogP contribution is 2.21. The van der Waals surface area contributed by atoms with Gasteiger partial charge in [0.1, 0.15) is 31.0 Å². The fourth-order valence-corrected chi connectivity index (χ4v) is 1.45. The Morgan fingerprint density at radius 3 is 2.38 bits per heavy atom. The quantitative estimate of drug-likeness (QED) is 0.487. The van der Waals surface area contributed by atoms with E-state index in [0.717, 1.165) is 0 Å². The highest BCUT2D eigenvalue weighted by atomic mass is 16.7. The van der Waals surface area contributed by atoms with Crippen molar-refractivity contribution in [2.24, 2.45) is 0 Å². The summed E-state index contributed by atoms with van der Waals surface area (Å²) in [5.41, 5.74) is 0. The molecule has 7 heteroatoms. The van der Waals surface area contributed by atoms with E-state index in [0.29, 0.717) is 0 Å². The smallest absolute Gasteiger partial charge is 0.302 e. The van der Waals surface area contributed by atoms with Crippen molar-refractivity contribution in [3.05, 3.63) is 0 Å². The van der Waals surface area contributed by atoms with E-state index in [9.17, 15) is 20.1 Å². The largest absolute Gasteiger partial charge is 0.463 e. The molecule has 0 aromatic carbocycles. The molecule has 1 saturated heterocycles. The normalized spacial score (nSPS) is 39.4. The number of hydrogen-bond acceptors (Lipinski definition) is 7. The lowest BCUT2D eigenvalue weighted by molar-refractivity contribution is -0.295. The van der Waals surface area contributed by atoms with E-state index in [1.165, 1.54) is 14.0 Å². The second kappa shape index (κ2) is 5.55. The van der Waals surface area contributed by atoms with Crippen LogP contribution in [-0.2, 0) is 19.0 Å². The van der Waals surface area contributed by atoms with Gasteiger partial charge < -0.3 is 29.5 Å². The van der Waals surface area contributed by atoms with Gasteiger partial charge in [0.15, 0.2) is 6.29 Å². The van der Waals surface area contributed by atoms with Crippen molar-refractivity contribution in [1.82, 2.24) is 0 Å². The second-order valence-electron chi connectivity index (χ2n) is 3.55. The van der Waals surface area contributed by atoms with E-state index in [2.05, 4.69) is 4.74 Å². The molecule has 1 aliphatic rings. The van der Waals surface area contributed by atoms with Crippen molar-refractivity contribution < 1.29 is 34.3 Å². The molecule has 94 valence electrons. The molecule has 0 radical (unpaired) electrons. The number of aliphatic hydroxyl groups excluding tert-OH is 3. The van der Waals surface area contributed by atoms with Crippen molar-refractivity contribution in [3.63, 3.8) is 0 Å². The number of esters is 1. The Balaban J connectivity index is 2.60. The van der Waals surface area contributed by atoms with Crippen LogP contribution in [0.15, 0.2) is 0 Å². The molecule has 0 spiro atoms. The molecule has 1 rings (SSSR count). The van der Waals surface area contributed by atoms with E-state index in [1.807, 2.05) is 0 Å². The summed E-state index contributed by atoms with van der Waals surface area (Å²) in [6.07, 6.45) is -6.06. The van der Waals surface area contributed by atoms with Crippen LogP contribution < -0.4 is 0 Å². The maximum Gasteiger partial charge on any atom is 0.302 e. The Labute approximate surface area is 92.5 Å². The molecule has 0 aromatic rings. The minimum atomic E-state index is -1.40. The number of carbonyl (C=O) groups excluding carboxylic acids is 1. The molecule has 7 nitrogen and oxygen atoms in total. The molecular formula is C9H16O7. The summed E-state index contributed by atoms with van der Waals surface area (Å²) in [6.45, 7) is 1.01. The summed E-state index contributed by atoms with van der Waals surface area (Å²) >= 11 is 0. The first-order valence-corrected chi connectivity index (χ1v) is 4.83. The van der Waals surface area contributed by atoms with Crippen LogP contribution in [0.2, 0.25) is 0 Å². The number of hydrogen-bond donors (Lipinski definition) is 3. The van der Waals surface area contributed by atoms with Crippen LogP contribution in [0.4, 0.5) is 0 Å². The van der Waals surface area contributed by atoms with Crippen LogP contribution in [0, 0.1) is 0 Å². The number of ether oxygens (including phenoxy) is 3. The highest BCUT2D eigenvalue weighted by molar-refractivity contribution is 5.65. The van der Waals surface area contributed by atoms with E-state index in [-0.39, 0.29) is 6.61 Å². The fraction of sp³-hybridized carbons (Fsp3) is 0.889. The molecule has 0 aliphatic carbocycles. The first-order chi connectivity index (χ1) is 7.47. The SMILES string of the molecule is CO[C@@H]1OC(COC(C)=O)[C@@H](O)C(O)C1O. The molecule has 5 atom stereocenters. The lowest BCUT2D eigenvalue weighted by Crippen LogP contribution is -2.59. The van der Waals surface area contributed by atoms with Crippen LogP contribution in [0.25, 0.3) is 0 Å². The van der Waals surface area contributed by atoms with Crippen molar-refractivity contribution in [3.8, 4) is 0 Å². The van der Waals surface area contributed by atoms with Gasteiger partial charge in [-0.05, 0) is 0 Å². The molecule has 0 saturated carbocycles. The highest BCUT2D eigenvalue weighted by Gasteiger charge is 2.44. The number of aliphatic hydroxyl groups is 3. The molecule has 1 aliphatic heterocycles. The lowest BCUT2D eigenvalue weighted by atomic mass is 9.99. The van der Waals surface area contributed by atoms with Crippen molar-refractivity contribution in [1.29, 1.82) is 0 Å². The Kier molecular flexibility index (Phi) is 4.63. The van der Waals surface area contributed by atoms with Gasteiger partial charge in [0.2, 0.25) is 0 Å². The maximum absolute atomic E-state index is 10.6. The topological polar surface area (TPSA) is 105 Å². The van der Waals surface area contributed by atoms with Crippen LogP contribution in [0.5, 0.6) is 0 Å². The fourth-order valence-electron chi connectivity index (χ4n) is 1.45. The van der Waals surface area contributed by atoms with E-state index in [4.69, 9.17) is 9.47 Å². The first-order valence-electron chi connectivity index (χ1n) is 4.83. The zero-order valence-corrected chi connectivity index (χ0v) is 9.07. The average molecular weight is 236 g/mol. The van der Waals surface area contributed by atoms with Gasteiger partial charge in [0.25, 0.3) is 0 Å². The summed E-state index contributed by atoms with van der Waals surface area (Å²) in [6, 6.07) is 0. The molecule has 16 heavy (non-hydrogen) atoms. The van der Waals surface area contributed by atoms with Gasteiger partial charge in [0.05, 0.1) is 0 Å². The van der Waals surface area contributed by atoms with E-state index < -0.39 is 36.7 Å². The maximum atomic E-state index is 10.6. The van der Waals surface area contributed by atoms with Crippen LogP contribution in [0.3, 0.4) is 0 Å². The van der Waals surface area contributed by atoms with Gasteiger partial charge in [-0.25, -0.2) is 0 Å². The Morgan fingerprint density at radius 2 is 1.88 bits per heavy atom. The number of rotatable bonds is 3. The molecule has 0 bridgehead atoms. The zero-order valence-electron chi connectivity index (χ0n) is 9.07. The van der Waals surface area contributed by atoms with Gasteiger partial charge in [-0.15, -0.1) is 0 Å². The minimum Gasteiger partial charge on any atom is -0.463 e. The average Bonchev–Trinajstić information content (AvgIpc) is 2.25. The van der Waals surface area contributed by atoms with E-state index >= 15 is 0 Å². The monoisotopic (exact) mass is 236 g/mol. The third-order valence-electron chi connectivity index (χ3n) is 2.35. The predicted octanol–water partition coefficient (Wildman–Crippen LogP) is -2.00. The molecular weight excluding hydrogens is 220 g/mol. The molecule has 0 amide bonds. The van der Waals surface area contributed by atoms with Gasteiger partial charge in [-0.1, -0.05) is 0 Å². The summed E-state index contributed by atoms with van der Waals surface area (Å²) in [5, 5.41) is 28.5. The van der Waals surface area contributed by atoms with Crippen LogP contribution in [0.1, 0.15) is 6.92 Å². The third kappa shape index (κ3) is 2.89. The predicted molar refractivity (Wildman–Crippen MR) is 50.3 cm³/mol. The van der Waals surface area contributed by atoms with Gasteiger partial charge in [-0.2, -0.15) is 0 Å². The third-order valence-corrected chi connectivity index (χ3v) is 2.35. The summed E-state index contributed by atoms with van der Waals surface area (Å²) < 4.78 is 14.6. The molecule has 3 N–H and O–H groups in total. The Bertz CT molecular complexity index is 242. The standard InChI is InChI=1S/C9H16O7/c1-4(10)15-3-5-6(11)7(12)8(13)9(14-2)16-5/h5-9,11-13H,3H2,1-2H3/t5?,6-,7?,8?,9-/m1/s1. The zero-order chi connectivity index (χ0) is 12.3.